The SMILES string of the molecule is CN1C(=O)c2oc3ccc(F)cc3c(=O)c2[C@H]1c1ccccc1F. The summed E-state index contributed by atoms with van der Waals surface area (Å²) >= 11 is 0. The molecule has 4 nitrogen and oxygen atoms in total. The summed E-state index contributed by atoms with van der Waals surface area (Å²) in [5, 5.41) is 0.0261. The average molecular weight is 327 g/mol. The molecule has 0 unspecified atom stereocenters. The summed E-state index contributed by atoms with van der Waals surface area (Å²) in [6.45, 7) is 0. The van der Waals surface area contributed by atoms with Gasteiger partial charge in [-0.1, -0.05) is 18.2 Å². The molecule has 2 heterocycles. The fourth-order valence-corrected chi connectivity index (χ4v) is 3.12. The number of rotatable bonds is 1. The summed E-state index contributed by atoms with van der Waals surface area (Å²) in [6.07, 6.45) is 0. The molecule has 0 saturated carbocycles. The van der Waals surface area contributed by atoms with E-state index in [4.69, 9.17) is 4.42 Å². The molecule has 1 atom stereocenters. The standard InChI is InChI=1S/C18H11F2NO3/c1-21-15(10-4-2-3-5-12(10)20)14-16(22)11-8-9(19)6-7-13(11)24-17(14)18(21)23/h2-8,15H,1H3/t15-/m1/s1. The largest absolute Gasteiger partial charge is 0.450 e. The van der Waals surface area contributed by atoms with Gasteiger partial charge in [0.1, 0.15) is 17.2 Å². The van der Waals surface area contributed by atoms with Crippen LogP contribution >= 0.6 is 0 Å². The lowest BCUT2D eigenvalue weighted by Gasteiger charge is -2.20. The maximum absolute atomic E-state index is 14.2. The Morgan fingerprint density at radius 3 is 2.58 bits per heavy atom. The van der Waals surface area contributed by atoms with Crippen molar-refractivity contribution >= 4 is 16.9 Å². The predicted molar refractivity (Wildman–Crippen MR) is 82.8 cm³/mol. The van der Waals surface area contributed by atoms with Crippen molar-refractivity contribution in [2.75, 3.05) is 7.05 Å². The monoisotopic (exact) mass is 327 g/mol. The minimum atomic E-state index is -0.905. The van der Waals surface area contributed by atoms with Crippen LogP contribution in [0.4, 0.5) is 8.78 Å². The van der Waals surface area contributed by atoms with Gasteiger partial charge in [-0.3, -0.25) is 9.59 Å². The number of nitrogens with zero attached hydrogens (tertiary/aromatic N) is 1. The van der Waals surface area contributed by atoms with Crippen molar-refractivity contribution in [3.8, 4) is 0 Å². The number of halogens is 2. The second-order valence-corrected chi connectivity index (χ2v) is 5.65. The molecule has 1 aliphatic rings. The molecule has 1 aromatic heterocycles. The maximum atomic E-state index is 14.2. The van der Waals surface area contributed by atoms with Gasteiger partial charge in [0, 0.05) is 12.6 Å². The van der Waals surface area contributed by atoms with Crippen LogP contribution in [0, 0.1) is 11.6 Å². The quantitative estimate of drug-likeness (QED) is 0.689. The molecule has 0 fully saturated rings. The summed E-state index contributed by atoms with van der Waals surface area (Å²) in [5.74, 6) is -1.76. The fourth-order valence-electron chi connectivity index (χ4n) is 3.12. The zero-order chi connectivity index (χ0) is 17.0. The Balaban J connectivity index is 2.08. The van der Waals surface area contributed by atoms with Crippen LogP contribution in [0.3, 0.4) is 0 Å². The summed E-state index contributed by atoms with van der Waals surface area (Å²) < 4.78 is 33.2. The fraction of sp³-hybridized carbons (Fsp3) is 0.111. The second-order valence-electron chi connectivity index (χ2n) is 5.65. The van der Waals surface area contributed by atoms with Crippen molar-refractivity contribution in [2.24, 2.45) is 0 Å². The van der Waals surface area contributed by atoms with E-state index in [1.807, 2.05) is 0 Å². The van der Waals surface area contributed by atoms with E-state index in [2.05, 4.69) is 0 Å². The van der Waals surface area contributed by atoms with Crippen molar-refractivity contribution in [2.45, 2.75) is 6.04 Å². The Hall–Kier alpha value is -3.02. The topological polar surface area (TPSA) is 50.5 Å². The molecule has 0 radical (unpaired) electrons. The lowest BCUT2D eigenvalue weighted by Crippen LogP contribution is -2.25. The zero-order valence-electron chi connectivity index (χ0n) is 12.5. The van der Waals surface area contributed by atoms with Crippen molar-refractivity contribution in [1.29, 1.82) is 0 Å². The molecule has 0 spiro atoms. The molecule has 2 aromatic carbocycles. The molecule has 24 heavy (non-hydrogen) atoms. The third kappa shape index (κ3) is 1.89. The van der Waals surface area contributed by atoms with Gasteiger partial charge in [-0.15, -0.1) is 0 Å². The first-order valence-corrected chi connectivity index (χ1v) is 7.27. The van der Waals surface area contributed by atoms with E-state index < -0.39 is 29.0 Å². The first kappa shape index (κ1) is 14.6. The second kappa shape index (κ2) is 4.99. The summed E-state index contributed by atoms with van der Waals surface area (Å²) in [4.78, 5) is 26.5. The van der Waals surface area contributed by atoms with Crippen LogP contribution in [-0.2, 0) is 0 Å². The van der Waals surface area contributed by atoms with Gasteiger partial charge in [0.15, 0.2) is 5.43 Å². The maximum Gasteiger partial charge on any atom is 0.290 e. The van der Waals surface area contributed by atoms with E-state index in [1.165, 1.54) is 36.2 Å². The van der Waals surface area contributed by atoms with E-state index >= 15 is 0 Å². The third-order valence-corrected chi connectivity index (χ3v) is 4.26. The van der Waals surface area contributed by atoms with Crippen molar-refractivity contribution in [3.05, 3.63) is 81.2 Å². The molecule has 0 aliphatic carbocycles. The Labute approximate surface area is 134 Å². The predicted octanol–water partition coefficient (Wildman–Crippen LogP) is 3.25. The van der Waals surface area contributed by atoms with Gasteiger partial charge in [-0.2, -0.15) is 0 Å². The van der Waals surface area contributed by atoms with Gasteiger partial charge < -0.3 is 9.32 Å². The number of amides is 1. The number of hydrogen-bond acceptors (Lipinski definition) is 3. The van der Waals surface area contributed by atoms with Crippen LogP contribution in [-0.4, -0.2) is 17.9 Å². The third-order valence-electron chi connectivity index (χ3n) is 4.26. The number of fused-ring (bicyclic) bond motifs is 2. The van der Waals surface area contributed by atoms with Crippen LogP contribution in [0.25, 0.3) is 11.0 Å². The smallest absolute Gasteiger partial charge is 0.290 e. The Morgan fingerprint density at radius 1 is 1.08 bits per heavy atom. The van der Waals surface area contributed by atoms with E-state index in [1.54, 1.807) is 6.07 Å². The summed E-state index contributed by atoms with van der Waals surface area (Å²) in [7, 11) is 1.47. The Kier molecular flexibility index (Phi) is 3.03. The van der Waals surface area contributed by atoms with Crippen molar-refractivity contribution < 1.29 is 18.0 Å². The van der Waals surface area contributed by atoms with Crippen LogP contribution in [0.1, 0.15) is 27.7 Å². The molecule has 4 rings (SSSR count). The highest BCUT2D eigenvalue weighted by molar-refractivity contribution is 5.98. The molecule has 1 amide bonds. The van der Waals surface area contributed by atoms with E-state index in [9.17, 15) is 18.4 Å². The minimum absolute atomic E-state index is 0.0261. The number of hydrogen-bond donors (Lipinski definition) is 0. The van der Waals surface area contributed by atoms with E-state index in [0.29, 0.717) is 0 Å². The summed E-state index contributed by atoms with van der Waals surface area (Å²) in [6, 6.07) is 8.51. The first-order valence-electron chi connectivity index (χ1n) is 7.27. The lowest BCUT2D eigenvalue weighted by molar-refractivity contribution is 0.0770. The van der Waals surface area contributed by atoms with Gasteiger partial charge in [-0.05, 0) is 24.3 Å². The van der Waals surface area contributed by atoms with E-state index in [0.717, 1.165) is 12.1 Å². The van der Waals surface area contributed by atoms with Gasteiger partial charge in [-0.25, -0.2) is 8.78 Å². The van der Waals surface area contributed by atoms with Gasteiger partial charge >= 0.3 is 0 Å². The Morgan fingerprint density at radius 2 is 1.83 bits per heavy atom. The Bertz CT molecular complexity index is 1060. The highest BCUT2D eigenvalue weighted by Crippen LogP contribution is 2.37. The van der Waals surface area contributed by atoms with Crippen LogP contribution in [0.5, 0.6) is 0 Å². The molecule has 0 saturated heterocycles. The van der Waals surface area contributed by atoms with Crippen LogP contribution < -0.4 is 5.43 Å². The lowest BCUT2D eigenvalue weighted by atomic mass is 9.98. The van der Waals surface area contributed by atoms with Crippen molar-refractivity contribution in [1.82, 2.24) is 4.90 Å². The number of carbonyl (C=O) groups is 1. The molecular formula is C18H11F2NO3. The molecule has 3 aromatic rings. The van der Waals surface area contributed by atoms with Crippen LogP contribution in [0.2, 0.25) is 0 Å². The number of benzene rings is 2. The molecule has 1 aliphatic heterocycles. The van der Waals surface area contributed by atoms with Gasteiger partial charge in [0.05, 0.1) is 17.0 Å². The molecule has 120 valence electrons. The molecule has 0 N–H and O–H groups in total. The van der Waals surface area contributed by atoms with Crippen molar-refractivity contribution in [3.63, 3.8) is 0 Å². The normalized spacial score (nSPS) is 16.7. The average Bonchev–Trinajstić information content (AvgIpc) is 2.81. The van der Waals surface area contributed by atoms with E-state index in [-0.39, 0.29) is 27.9 Å². The molecule has 0 bridgehead atoms. The minimum Gasteiger partial charge on any atom is -0.450 e. The number of carbonyl (C=O) groups excluding carboxylic acids is 1. The first-order chi connectivity index (χ1) is 11.5. The molecular weight excluding hydrogens is 316 g/mol. The highest BCUT2D eigenvalue weighted by Gasteiger charge is 2.41. The van der Waals surface area contributed by atoms with Crippen LogP contribution in [0.15, 0.2) is 51.7 Å². The van der Waals surface area contributed by atoms with Gasteiger partial charge in [0.25, 0.3) is 5.91 Å². The highest BCUT2D eigenvalue weighted by atomic mass is 19.1. The summed E-state index contributed by atoms with van der Waals surface area (Å²) in [5.41, 5.74) is -0.186. The zero-order valence-corrected chi connectivity index (χ0v) is 12.5. The molecule has 6 heteroatoms. The van der Waals surface area contributed by atoms with Gasteiger partial charge in [0.2, 0.25) is 5.76 Å².